The molecule has 0 spiro atoms. The molecule has 2 aromatic carbocycles. The lowest BCUT2D eigenvalue weighted by Gasteiger charge is -2.14. The summed E-state index contributed by atoms with van der Waals surface area (Å²) in [5.74, 6) is 0.492. The molecular weight excluding hydrogens is 404 g/mol. The first-order chi connectivity index (χ1) is 12.0. The molecular formula is C18H17BrN2O3S. The predicted octanol–water partition coefficient (Wildman–Crippen LogP) is 3.71. The first kappa shape index (κ1) is 17.7. The maximum atomic E-state index is 12.5. The van der Waals surface area contributed by atoms with E-state index in [4.69, 9.17) is 4.74 Å². The number of fused-ring (bicyclic) bond motifs is 1. The van der Waals surface area contributed by atoms with E-state index in [-0.39, 0.29) is 11.5 Å². The summed E-state index contributed by atoms with van der Waals surface area (Å²) in [5.41, 5.74) is 0.726. The molecule has 3 aromatic rings. The molecule has 0 unspecified atom stereocenters. The zero-order valence-corrected chi connectivity index (χ0v) is 16.2. The van der Waals surface area contributed by atoms with Crippen molar-refractivity contribution in [3.63, 3.8) is 0 Å². The lowest BCUT2D eigenvalue weighted by Crippen LogP contribution is -2.33. The third-order valence-electron chi connectivity index (χ3n) is 3.94. The van der Waals surface area contributed by atoms with E-state index in [0.29, 0.717) is 17.7 Å². The number of hydrogen-bond donors (Lipinski definition) is 1. The molecule has 25 heavy (non-hydrogen) atoms. The van der Waals surface area contributed by atoms with Gasteiger partial charge in [0.05, 0.1) is 17.2 Å². The summed E-state index contributed by atoms with van der Waals surface area (Å²) in [5, 5.41) is 3.52. The van der Waals surface area contributed by atoms with Crippen molar-refractivity contribution in [2.45, 2.75) is 19.5 Å². The molecule has 1 heterocycles. The lowest BCUT2D eigenvalue weighted by molar-refractivity contribution is -0.123. The minimum Gasteiger partial charge on any atom is -0.496 e. The van der Waals surface area contributed by atoms with E-state index in [2.05, 4.69) is 21.2 Å². The molecule has 0 aliphatic heterocycles. The zero-order chi connectivity index (χ0) is 18.0. The molecule has 0 aliphatic rings. The van der Waals surface area contributed by atoms with Gasteiger partial charge in [-0.3, -0.25) is 13.5 Å². The molecule has 3 rings (SSSR count). The maximum absolute atomic E-state index is 12.5. The van der Waals surface area contributed by atoms with Gasteiger partial charge >= 0.3 is 0 Å². The number of methoxy groups -OCH3 is 1. The third-order valence-corrected chi connectivity index (χ3v) is 5.67. The van der Waals surface area contributed by atoms with E-state index in [1.807, 2.05) is 36.4 Å². The highest BCUT2D eigenvalue weighted by atomic mass is 79.9. The van der Waals surface area contributed by atoms with Gasteiger partial charge in [-0.05, 0) is 37.3 Å². The Hall–Kier alpha value is -2.12. The molecule has 0 bridgehead atoms. The normalized spacial score (nSPS) is 12.1. The topological polar surface area (TPSA) is 60.3 Å². The fraction of sp³-hybridized carbons (Fsp3) is 0.222. The fourth-order valence-corrected chi connectivity index (χ4v) is 4.01. The second-order valence-corrected chi connectivity index (χ2v) is 7.50. The summed E-state index contributed by atoms with van der Waals surface area (Å²) < 4.78 is 8.61. The van der Waals surface area contributed by atoms with Gasteiger partial charge in [-0.1, -0.05) is 39.6 Å². The second kappa shape index (κ2) is 7.41. The zero-order valence-electron chi connectivity index (χ0n) is 13.8. The van der Waals surface area contributed by atoms with E-state index in [1.54, 1.807) is 20.1 Å². The number of nitrogens with one attached hydrogen (secondary N) is 1. The van der Waals surface area contributed by atoms with E-state index in [9.17, 15) is 9.59 Å². The first-order valence-electron chi connectivity index (χ1n) is 7.72. The van der Waals surface area contributed by atoms with Crippen molar-refractivity contribution in [2.24, 2.45) is 0 Å². The van der Waals surface area contributed by atoms with Crippen molar-refractivity contribution < 1.29 is 9.53 Å². The smallest absolute Gasteiger partial charge is 0.269 e. The number of halogens is 1. The maximum Gasteiger partial charge on any atom is 0.269 e. The standard InChI is InChI=1S/C18H17BrN2O3S/c1-11(21-18(23)14-5-3-4-6-16(14)25-21)17(22)20-10-12-9-13(19)7-8-15(12)24-2/h3-9,11H,10H2,1-2H3,(H,20,22)/t11-/m0/s1. The molecule has 130 valence electrons. The van der Waals surface area contributed by atoms with Crippen molar-refractivity contribution in [1.29, 1.82) is 0 Å². The van der Waals surface area contributed by atoms with Crippen LogP contribution < -0.4 is 15.6 Å². The van der Waals surface area contributed by atoms with Gasteiger partial charge in [-0.15, -0.1) is 0 Å². The first-order valence-corrected chi connectivity index (χ1v) is 9.28. The number of aromatic nitrogens is 1. The molecule has 7 heteroatoms. The van der Waals surface area contributed by atoms with Gasteiger partial charge in [0.25, 0.3) is 5.56 Å². The SMILES string of the molecule is COc1ccc(Br)cc1CNC(=O)[C@H](C)n1sc2ccccc2c1=O. The van der Waals surface area contributed by atoms with Crippen LogP contribution in [0.1, 0.15) is 18.5 Å². The Morgan fingerprint density at radius 2 is 2.08 bits per heavy atom. The second-order valence-electron chi connectivity index (χ2n) is 5.57. The number of carbonyl (C=O) groups is 1. The summed E-state index contributed by atoms with van der Waals surface area (Å²) >= 11 is 4.72. The molecule has 0 fully saturated rings. The molecule has 0 saturated carbocycles. The molecule has 1 aromatic heterocycles. The highest BCUT2D eigenvalue weighted by Crippen LogP contribution is 2.23. The fourth-order valence-electron chi connectivity index (χ4n) is 2.57. The Labute approximate surface area is 157 Å². The van der Waals surface area contributed by atoms with Gasteiger partial charge in [0, 0.05) is 16.6 Å². The van der Waals surface area contributed by atoms with Gasteiger partial charge < -0.3 is 10.1 Å². The summed E-state index contributed by atoms with van der Waals surface area (Å²) in [7, 11) is 1.59. The number of amides is 1. The average Bonchev–Trinajstić information content (AvgIpc) is 2.96. The van der Waals surface area contributed by atoms with E-state index >= 15 is 0 Å². The van der Waals surface area contributed by atoms with Crippen LogP contribution in [0.4, 0.5) is 0 Å². The quantitative estimate of drug-likeness (QED) is 0.684. The van der Waals surface area contributed by atoms with Crippen LogP contribution >= 0.6 is 27.5 Å². The monoisotopic (exact) mass is 420 g/mol. The Morgan fingerprint density at radius 3 is 2.80 bits per heavy atom. The number of ether oxygens (including phenoxy) is 1. The van der Waals surface area contributed by atoms with Gasteiger partial charge in [0.15, 0.2) is 0 Å². The van der Waals surface area contributed by atoms with Gasteiger partial charge in [0.1, 0.15) is 11.8 Å². The predicted molar refractivity (Wildman–Crippen MR) is 103 cm³/mol. The van der Waals surface area contributed by atoms with Crippen LogP contribution in [0, 0.1) is 0 Å². The number of hydrogen-bond acceptors (Lipinski definition) is 4. The number of rotatable bonds is 5. The van der Waals surface area contributed by atoms with Crippen molar-refractivity contribution in [1.82, 2.24) is 9.27 Å². The average molecular weight is 421 g/mol. The van der Waals surface area contributed by atoms with Crippen LogP contribution in [-0.4, -0.2) is 17.0 Å². The van der Waals surface area contributed by atoms with Crippen molar-refractivity contribution in [3.8, 4) is 5.75 Å². The van der Waals surface area contributed by atoms with E-state index < -0.39 is 6.04 Å². The summed E-state index contributed by atoms with van der Waals surface area (Å²) in [4.78, 5) is 25.0. The van der Waals surface area contributed by atoms with Crippen LogP contribution in [0.5, 0.6) is 5.75 Å². The molecule has 0 saturated heterocycles. The van der Waals surface area contributed by atoms with E-state index in [0.717, 1.165) is 14.7 Å². The van der Waals surface area contributed by atoms with Crippen molar-refractivity contribution in [2.75, 3.05) is 7.11 Å². The Morgan fingerprint density at radius 1 is 1.32 bits per heavy atom. The molecule has 0 radical (unpaired) electrons. The number of benzene rings is 2. The minimum absolute atomic E-state index is 0.136. The van der Waals surface area contributed by atoms with Crippen LogP contribution in [0.3, 0.4) is 0 Å². The highest BCUT2D eigenvalue weighted by molar-refractivity contribution is 9.10. The third kappa shape index (κ3) is 3.62. The molecule has 1 atom stereocenters. The van der Waals surface area contributed by atoms with Crippen molar-refractivity contribution in [3.05, 3.63) is 62.9 Å². The minimum atomic E-state index is -0.581. The van der Waals surface area contributed by atoms with Gasteiger partial charge in [-0.2, -0.15) is 0 Å². The summed E-state index contributed by atoms with van der Waals surface area (Å²) in [6, 6.07) is 12.4. The Kier molecular flexibility index (Phi) is 5.24. The number of carbonyl (C=O) groups excluding carboxylic acids is 1. The van der Waals surface area contributed by atoms with Crippen LogP contribution in [-0.2, 0) is 11.3 Å². The van der Waals surface area contributed by atoms with Crippen LogP contribution in [0.25, 0.3) is 10.1 Å². The number of nitrogens with zero attached hydrogens (tertiary/aromatic N) is 1. The molecule has 0 aliphatic carbocycles. The van der Waals surface area contributed by atoms with E-state index in [1.165, 1.54) is 15.5 Å². The lowest BCUT2D eigenvalue weighted by atomic mass is 10.2. The van der Waals surface area contributed by atoms with Gasteiger partial charge in [-0.25, -0.2) is 0 Å². The van der Waals surface area contributed by atoms with Crippen LogP contribution in [0.2, 0.25) is 0 Å². The van der Waals surface area contributed by atoms with Crippen LogP contribution in [0.15, 0.2) is 51.7 Å². The summed E-state index contributed by atoms with van der Waals surface area (Å²) in [6.07, 6.45) is 0. The van der Waals surface area contributed by atoms with Gasteiger partial charge in [0.2, 0.25) is 5.91 Å². The molecule has 1 N–H and O–H groups in total. The molecule has 5 nitrogen and oxygen atoms in total. The highest BCUT2D eigenvalue weighted by Gasteiger charge is 2.19. The Balaban J connectivity index is 1.78. The largest absolute Gasteiger partial charge is 0.496 e. The Bertz CT molecular complexity index is 980. The molecule has 1 amide bonds. The summed E-state index contributed by atoms with van der Waals surface area (Å²) in [6.45, 7) is 2.05. The van der Waals surface area contributed by atoms with Crippen molar-refractivity contribution >= 4 is 43.5 Å².